The molecule has 198 valence electrons. The van der Waals surface area contributed by atoms with Gasteiger partial charge in [0.05, 0.1) is 19.1 Å². The number of ketones is 2. The summed E-state index contributed by atoms with van der Waals surface area (Å²) in [6.07, 6.45) is 9.64. The summed E-state index contributed by atoms with van der Waals surface area (Å²) in [6, 6.07) is 0. The van der Waals surface area contributed by atoms with Crippen LogP contribution in [0, 0.1) is 40.4 Å². The van der Waals surface area contributed by atoms with E-state index in [9.17, 15) is 24.3 Å². The van der Waals surface area contributed by atoms with Gasteiger partial charge in [0.25, 0.3) is 0 Å². The molecular weight excluding hydrogens is 460 g/mol. The molecule has 8 atom stereocenters. The maximum absolute atomic E-state index is 13.0. The van der Waals surface area contributed by atoms with Crippen molar-refractivity contribution in [2.75, 3.05) is 13.2 Å². The zero-order chi connectivity index (χ0) is 26.3. The minimum absolute atomic E-state index is 0.0133. The third kappa shape index (κ3) is 4.83. The molecule has 3 fully saturated rings. The van der Waals surface area contributed by atoms with Gasteiger partial charge in [-0.25, -0.2) is 0 Å². The summed E-state index contributed by atoms with van der Waals surface area (Å²) in [7, 11) is 0. The third-order valence-corrected chi connectivity index (χ3v) is 9.84. The molecule has 0 aromatic carbocycles. The molecule has 0 bridgehead atoms. The molecule has 0 saturated heterocycles. The van der Waals surface area contributed by atoms with E-state index >= 15 is 0 Å². The predicted octanol–water partition coefficient (Wildman–Crippen LogP) is 3.97. The van der Waals surface area contributed by atoms with Gasteiger partial charge in [-0.15, -0.1) is 0 Å². The normalized spacial score (nSPS) is 37.8. The van der Waals surface area contributed by atoms with Crippen LogP contribution in [0.3, 0.4) is 0 Å². The van der Waals surface area contributed by atoms with E-state index in [4.69, 9.17) is 9.47 Å². The molecular formula is C29H40O7. The Balaban J connectivity index is 1.57. The van der Waals surface area contributed by atoms with Crippen LogP contribution >= 0.6 is 0 Å². The number of hydrogen-bond donors (Lipinski definition) is 1. The van der Waals surface area contributed by atoms with Crippen LogP contribution in [0.4, 0.5) is 0 Å². The number of ether oxygens (including phenoxy) is 2. The maximum Gasteiger partial charge on any atom is 0.308 e. The average Bonchev–Trinajstić information content (AvgIpc) is 3.19. The van der Waals surface area contributed by atoms with Crippen LogP contribution in [-0.2, 0) is 28.7 Å². The highest BCUT2D eigenvalue weighted by Gasteiger charge is 2.61. The average molecular weight is 501 g/mol. The van der Waals surface area contributed by atoms with E-state index in [2.05, 4.69) is 19.9 Å². The van der Waals surface area contributed by atoms with Gasteiger partial charge in [-0.3, -0.25) is 19.2 Å². The fourth-order valence-corrected chi connectivity index (χ4v) is 7.97. The first-order valence-corrected chi connectivity index (χ1v) is 13.4. The van der Waals surface area contributed by atoms with Gasteiger partial charge in [0, 0.05) is 24.2 Å². The Bertz CT molecular complexity index is 980. The molecule has 7 nitrogen and oxygen atoms in total. The van der Waals surface area contributed by atoms with Crippen molar-refractivity contribution in [3.05, 3.63) is 23.8 Å². The largest absolute Gasteiger partial charge is 0.465 e. The first-order valence-electron chi connectivity index (χ1n) is 13.4. The number of carbonyl (C=O) groups excluding carboxylic acids is 4. The van der Waals surface area contributed by atoms with Crippen molar-refractivity contribution in [2.24, 2.45) is 40.4 Å². The minimum atomic E-state index is -0.712. The highest BCUT2D eigenvalue weighted by molar-refractivity contribution is 6.01. The van der Waals surface area contributed by atoms with Gasteiger partial charge in [0.2, 0.25) is 0 Å². The predicted molar refractivity (Wildman–Crippen MR) is 132 cm³/mol. The van der Waals surface area contributed by atoms with Gasteiger partial charge >= 0.3 is 11.9 Å². The van der Waals surface area contributed by atoms with Crippen molar-refractivity contribution in [2.45, 2.75) is 78.7 Å². The van der Waals surface area contributed by atoms with Crippen molar-refractivity contribution < 1.29 is 33.8 Å². The van der Waals surface area contributed by atoms with Crippen LogP contribution in [0.5, 0.6) is 0 Å². The second-order valence-corrected chi connectivity index (χ2v) is 11.8. The number of allylic oxidation sites excluding steroid dienone is 3. The zero-order valence-electron chi connectivity index (χ0n) is 22.0. The van der Waals surface area contributed by atoms with Gasteiger partial charge in [-0.2, -0.15) is 0 Å². The molecule has 0 aliphatic heterocycles. The van der Waals surface area contributed by atoms with Crippen LogP contribution in [0.15, 0.2) is 23.8 Å². The van der Waals surface area contributed by atoms with Gasteiger partial charge in [0.1, 0.15) is 6.61 Å². The number of rotatable bonds is 8. The summed E-state index contributed by atoms with van der Waals surface area (Å²) in [5.41, 5.74) is 0.596. The highest BCUT2D eigenvalue weighted by Crippen LogP contribution is 2.67. The second kappa shape index (κ2) is 10.2. The maximum atomic E-state index is 13.0. The van der Waals surface area contributed by atoms with E-state index in [1.165, 1.54) is 6.92 Å². The van der Waals surface area contributed by atoms with Crippen molar-refractivity contribution >= 4 is 23.5 Å². The van der Waals surface area contributed by atoms with Gasteiger partial charge in [0.15, 0.2) is 11.6 Å². The summed E-state index contributed by atoms with van der Waals surface area (Å²) in [5, 5.41) is 9.83. The van der Waals surface area contributed by atoms with Gasteiger partial charge in [-0.05, 0) is 79.4 Å². The molecule has 36 heavy (non-hydrogen) atoms. The van der Waals surface area contributed by atoms with E-state index in [0.29, 0.717) is 24.2 Å². The number of aliphatic hydroxyl groups is 1. The SMILES string of the molecule is CCC(O)CC(=O)OC[C@H]1C[C@H]2[C@@H]3CC[C@H](C(=O)COC(C)=O)[C@@]3(C)CC[C@@H]2[C@@]2(C)C=CC(=O)C=C12. The molecule has 0 aromatic heterocycles. The number of fused-ring (bicyclic) bond motifs is 5. The third-order valence-electron chi connectivity index (χ3n) is 9.84. The van der Waals surface area contributed by atoms with E-state index in [1.807, 2.05) is 6.92 Å². The summed E-state index contributed by atoms with van der Waals surface area (Å²) >= 11 is 0. The quantitative estimate of drug-likeness (QED) is 0.503. The molecule has 0 heterocycles. The van der Waals surface area contributed by atoms with Gasteiger partial charge in [-0.1, -0.05) is 26.8 Å². The first kappa shape index (κ1) is 26.8. The van der Waals surface area contributed by atoms with Crippen molar-refractivity contribution in [1.29, 1.82) is 0 Å². The van der Waals surface area contributed by atoms with Crippen molar-refractivity contribution in [3.63, 3.8) is 0 Å². The smallest absolute Gasteiger partial charge is 0.308 e. The lowest BCUT2D eigenvalue weighted by Gasteiger charge is -2.58. The molecule has 4 aliphatic rings. The van der Waals surface area contributed by atoms with E-state index < -0.39 is 18.0 Å². The fraction of sp³-hybridized carbons (Fsp3) is 0.724. The van der Waals surface area contributed by atoms with E-state index in [0.717, 1.165) is 37.7 Å². The lowest BCUT2D eigenvalue weighted by molar-refractivity contribution is -0.150. The van der Waals surface area contributed by atoms with Gasteiger partial charge < -0.3 is 14.6 Å². The van der Waals surface area contributed by atoms with Crippen LogP contribution in [-0.4, -0.2) is 47.9 Å². The molecule has 0 aromatic rings. The van der Waals surface area contributed by atoms with Crippen molar-refractivity contribution in [1.82, 2.24) is 0 Å². The zero-order valence-corrected chi connectivity index (χ0v) is 22.0. The Labute approximate surface area is 213 Å². The lowest BCUT2D eigenvalue weighted by Crippen LogP contribution is -2.53. The summed E-state index contributed by atoms with van der Waals surface area (Å²) < 4.78 is 10.7. The Kier molecular flexibility index (Phi) is 7.61. The highest BCUT2D eigenvalue weighted by atomic mass is 16.5. The van der Waals surface area contributed by atoms with Crippen LogP contribution in [0.25, 0.3) is 0 Å². The number of hydrogen-bond acceptors (Lipinski definition) is 7. The number of aliphatic hydroxyl groups excluding tert-OH is 1. The standard InChI is InChI=1S/C29H40O7/c1-5-19(31)14-27(34)36-15-18-12-21-22-6-7-24(26(33)16-35-17(2)30)28(22,3)11-9-23(21)29(4)10-8-20(32)13-25(18)29/h8,10,13,18-19,21-24,31H,5-7,9,11-12,14-16H2,1-4H3/t18-,19?,21+,22+,23+,24-,28+,29-/m1/s1. The molecule has 0 spiro atoms. The topological polar surface area (TPSA) is 107 Å². The Morgan fingerprint density at radius 2 is 1.89 bits per heavy atom. The lowest BCUT2D eigenvalue weighted by atomic mass is 9.46. The van der Waals surface area contributed by atoms with E-state index in [1.54, 1.807) is 12.2 Å². The molecule has 1 N–H and O–H groups in total. The second-order valence-electron chi connectivity index (χ2n) is 11.8. The molecule has 0 radical (unpaired) electrons. The Morgan fingerprint density at radius 3 is 2.58 bits per heavy atom. The molecule has 0 amide bonds. The van der Waals surface area contributed by atoms with Crippen molar-refractivity contribution in [3.8, 4) is 0 Å². The monoisotopic (exact) mass is 500 g/mol. The molecule has 4 rings (SSSR count). The first-order chi connectivity index (χ1) is 17.0. The molecule has 7 heteroatoms. The Morgan fingerprint density at radius 1 is 1.14 bits per heavy atom. The number of esters is 2. The van der Waals surface area contributed by atoms with E-state index in [-0.39, 0.29) is 53.9 Å². The number of Topliss-reactive ketones (excluding diaryl/α,β-unsaturated/α-hetero) is 1. The molecule has 1 unspecified atom stereocenters. The summed E-state index contributed by atoms with van der Waals surface area (Å²) in [6.45, 7) is 7.61. The Hall–Kier alpha value is -2.28. The molecule has 4 aliphatic carbocycles. The summed E-state index contributed by atoms with van der Waals surface area (Å²) in [4.78, 5) is 49.0. The van der Waals surface area contributed by atoms with Crippen LogP contribution in [0.1, 0.15) is 72.6 Å². The van der Waals surface area contributed by atoms with Crippen LogP contribution < -0.4 is 0 Å². The minimum Gasteiger partial charge on any atom is -0.465 e. The van der Waals surface area contributed by atoms with Crippen LogP contribution in [0.2, 0.25) is 0 Å². The fourth-order valence-electron chi connectivity index (χ4n) is 7.97. The summed E-state index contributed by atoms with van der Waals surface area (Å²) in [5.74, 6) is -0.0511. The number of carbonyl (C=O) groups is 4. The molecule has 3 saturated carbocycles.